The summed E-state index contributed by atoms with van der Waals surface area (Å²) in [6.07, 6.45) is 4.84. The van der Waals surface area contributed by atoms with Gasteiger partial charge in [-0.05, 0) is 109 Å². The molecule has 12 nitrogen and oxygen atoms in total. The van der Waals surface area contributed by atoms with Crippen molar-refractivity contribution in [1.29, 1.82) is 5.41 Å². The zero-order chi connectivity index (χ0) is 43.3. The first-order valence-corrected chi connectivity index (χ1v) is 18.5. The van der Waals surface area contributed by atoms with Crippen LogP contribution in [0.4, 0.5) is 8.78 Å². The van der Waals surface area contributed by atoms with Crippen molar-refractivity contribution < 1.29 is 61.2 Å². The second-order valence-corrected chi connectivity index (χ2v) is 13.3. The van der Waals surface area contributed by atoms with Gasteiger partial charge in [0.2, 0.25) is 5.83 Å². The van der Waals surface area contributed by atoms with Crippen LogP contribution in [0.1, 0.15) is 74.8 Å². The predicted molar refractivity (Wildman–Crippen MR) is 216 cm³/mol. The molecule has 0 radical (unpaired) electrons. The van der Waals surface area contributed by atoms with Crippen molar-refractivity contribution in [2.45, 2.75) is 39.0 Å². The van der Waals surface area contributed by atoms with E-state index in [4.69, 9.17) is 33.8 Å². The lowest BCUT2D eigenvalue weighted by molar-refractivity contribution is -0.139. The highest BCUT2D eigenvalue weighted by atomic mass is 19.1. The summed E-state index contributed by atoms with van der Waals surface area (Å²) in [6, 6.07) is 21.9. The van der Waals surface area contributed by atoms with Crippen LogP contribution in [-0.2, 0) is 20.7 Å². The fourth-order valence-corrected chi connectivity index (χ4v) is 5.67. The van der Waals surface area contributed by atoms with E-state index in [2.05, 4.69) is 13.2 Å². The Morgan fingerprint density at radius 3 is 1.88 bits per heavy atom. The normalized spacial score (nSPS) is 10.6. The molecule has 60 heavy (non-hydrogen) atoms. The molecule has 0 fully saturated rings. The number of halogens is 2. The van der Waals surface area contributed by atoms with Gasteiger partial charge in [-0.15, -0.1) is 0 Å². The van der Waals surface area contributed by atoms with Crippen molar-refractivity contribution in [3.63, 3.8) is 0 Å². The lowest BCUT2D eigenvalue weighted by Gasteiger charge is -2.13. The number of benzene rings is 5. The Bertz CT molecular complexity index is 2500. The second-order valence-electron chi connectivity index (χ2n) is 13.3. The molecule has 0 aliphatic carbocycles. The molecule has 5 rings (SSSR count). The van der Waals surface area contributed by atoms with Crippen LogP contribution in [-0.4, -0.2) is 49.8 Å². The second kappa shape index (κ2) is 20.3. The van der Waals surface area contributed by atoms with E-state index in [9.17, 15) is 28.4 Å². The molecule has 5 aromatic rings. The number of nitrogens with one attached hydrogen (secondary N) is 1. The van der Waals surface area contributed by atoms with E-state index in [1.807, 2.05) is 0 Å². The van der Waals surface area contributed by atoms with E-state index in [1.165, 1.54) is 55.6 Å². The van der Waals surface area contributed by atoms with E-state index in [1.54, 1.807) is 43.3 Å². The molecule has 308 valence electrons. The Balaban J connectivity index is 1.16. The van der Waals surface area contributed by atoms with Gasteiger partial charge in [0, 0.05) is 11.8 Å². The Labute approximate surface area is 343 Å². The van der Waals surface area contributed by atoms with Crippen LogP contribution in [0.5, 0.6) is 28.7 Å². The molecule has 1 N–H and O–H groups in total. The lowest BCUT2D eigenvalue weighted by Crippen LogP contribution is -2.13. The molecule has 0 atom stereocenters. The minimum absolute atomic E-state index is 0.0102. The summed E-state index contributed by atoms with van der Waals surface area (Å²) in [5, 5.41) is 8.95. The number of carbonyl (C=O) groups is 5. The van der Waals surface area contributed by atoms with Gasteiger partial charge in [-0.25, -0.2) is 28.4 Å². The van der Waals surface area contributed by atoms with Crippen LogP contribution in [0, 0.1) is 11.2 Å². The van der Waals surface area contributed by atoms with E-state index < -0.39 is 52.8 Å². The van der Waals surface area contributed by atoms with Gasteiger partial charge in [0.15, 0.2) is 23.1 Å². The first kappa shape index (κ1) is 43.6. The van der Waals surface area contributed by atoms with Crippen LogP contribution >= 0.6 is 0 Å². The van der Waals surface area contributed by atoms with Gasteiger partial charge in [-0.3, -0.25) is 0 Å². The third kappa shape index (κ3) is 11.3. The minimum atomic E-state index is -1.25. The maximum Gasteiger partial charge on any atom is 0.371 e. The molecular formula is C46H39F2NO11. The number of aryl methyl sites for hydroxylation is 1. The van der Waals surface area contributed by atoms with Crippen molar-refractivity contribution in [3.05, 3.63) is 149 Å². The Morgan fingerprint density at radius 1 is 0.633 bits per heavy atom. The third-order valence-corrected chi connectivity index (χ3v) is 8.87. The summed E-state index contributed by atoms with van der Waals surface area (Å²) in [6.45, 7) is 8.39. The van der Waals surface area contributed by atoms with Crippen molar-refractivity contribution in [3.8, 4) is 28.7 Å². The maximum absolute atomic E-state index is 15.5. The molecule has 0 unspecified atom stereocenters. The quantitative estimate of drug-likeness (QED) is 0.0295. The first-order chi connectivity index (χ1) is 28.8. The highest BCUT2D eigenvalue weighted by Gasteiger charge is 2.22. The number of fused-ring (bicyclic) bond motifs is 1. The maximum atomic E-state index is 15.5. The fraction of sp³-hybridized carbons (Fsp3) is 0.174. The van der Waals surface area contributed by atoms with Gasteiger partial charge in [-0.1, -0.05) is 50.3 Å². The van der Waals surface area contributed by atoms with Gasteiger partial charge in [0.25, 0.3) is 0 Å². The average Bonchev–Trinajstić information content (AvgIpc) is 3.24. The van der Waals surface area contributed by atoms with Crippen molar-refractivity contribution in [2.24, 2.45) is 0 Å². The van der Waals surface area contributed by atoms with E-state index in [-0.39, 0.29) is 39.7 Å². The van der Waals surface area contributed by atoms with Gasteiger partial charge in [0.1, 0.15) is 11.5 Å². The molecule has 0 saturated heterocycles. The van der Waals surface area contributed by atoms with Crippen molar-refractivity contribution >= 4 is 46.8 Å². The van der Waals surface area contributed by atoms with E-state index in [0.29, 0.717) is 29.2 Å². The molecule has 0 aliphatic rings. The number of hydrogen-bond donors (Lipinski definition) is 1. The van der Waals surface area contributed by atoms with Gasteiger partial charge in [0.05, 0.1) is 36.0 Å². The number of carbonyl (C=O) groups excluding carboxylic acids is 5. The molecule has 0 saturated carbocycles. The largest absolute Gasteiger partial charge is 0.493 e. The summed E-state index contributed by atoms with van der Waals surface area (Å²) in [5.41, 5.74) is 1.17. The third-order valence-electron chi connectivity index (χ3n) is 8.87. The molecule has 0 amide bonds. The Kier molecular flexibility index (Phi) is 14.8. The molecular weight excluding hydrogens is 780 g/mol. The first-order valence-electron chi connectivity index (χ1n) is 18.5. The molecule has 0 spiro atoms. The molecule has 0 aromatic heterocycles. The van der Waals surface area contributed by atoms with E-state index in [0.717, 1.165) is 43.7 Å². The minimum Gasteiger partial charge on any atom is -0.493 e. The van der Waals surface area contributed by atoms with Crippen LogP contribution in [0.15, 0.2) is 116 Å². The zero-order valence-electron chi connectivity index (χ0n) is 32.6. The number of esters is 5. The number of ether oxygens (including phenoxy) is 6. The Hall–Kier alpha value is -7.48. The Morgan fingerprint density at radius 2 is 1.20 bits per heavy atom. The number of rotatable bonds is 18. The van der Waals surface area contributed by atoms with Crippen LogP contribution < -0.4 is 23.7 Å². The van der Waals surface area contributed by atoms with Gasteiger partial charge < -0.3 is 33.8 Å². The predicted octanol–water partition coefficient (Wildman–Crippen LogP) is 9.25. The molecule has 0 bridgehead atoms. The summed E-state index contributed by atoms with van der Waals surface area (Å²) in [4.78, 5) is 62.0. The summed E-state index contributed by atoms with van der Waals surface area (Å²) >= 11 is 0. The van der Waals surface area contributed by atoms with E-state index >= 15 is 4.39 Å². The standard InChI is InChI=1S/C46H39F2NO11/c1-27(2)42(50)56-22-8-6-5-7-9-29-10-12-30(13-11-29)44(52)60-39-21-20-37(36(26-49)41(39)48)58-46(54)34-17-19-38(40(25-34)55-4)59-45(53)33-15-14-32-24-35(18-16-31(32)23-33)57-43(51)28(3)47/h10-21,23-26,49H,1,3,5-9,22H2,2,4H3. The lowest BCUT2D eigenvalue weighted by atomic mass is 10.0. The molecule has 5 aromatic carbocycles. The van der Waals surface area contributed by atoms with Crippen molar-refractivity contribution in [2.75, 3.05) is 13.7 Å². The van der Waals surface area contributed by atoms with Crippen LogP contribution in [0.2, 0.25) is 0 Å². The van der Waals surface area contributed by atoms with Gasteiger partial charge in [-0.2, -0.15) is 4.39 Å². The van der Waals surface area contributed by atoms with Gasteiger partial charge >= 0.3 is 29.8 Å². The topological polar surface area (TPSA) is 165 Å². The zero-order valence-corrected chi connectivity index (χ0v) is 32.6. The molecule has 14 heteroatoms. The fourth-order valence-electron chi connectivity index (χ4n) is 5.67. The highest BCUT2D eigenvalue weighted by molar-refractivity contribution is 5.98. The summed E-state index contributed by atoms with van der Waals surface area (Å²) < 4.78 is 60.1. The summed E-state index contributed by atoms with van der Waals surface area (Å²) in [7, 11) is 1.29. The SMILES string of the molecule is C=C(C)C(=O)OCCCCCCc1ccc(C(=O)Oc2ccc(OC(=O)c3ccc(OC(=O)c4ccc5cc(OC(=O)C(=C)F)ccc5c4)c(OC)c3)c(C=N)c2F)cc1. The number of methoxy groups -OCH3 is 1. The van der Waals surface area contributed by atoms with Crippen LogP contribution in [0.25, 0.3) is 10.8 Å². The highest BCUT2D eigenvalue weighted by Crippen LogP contribution is 2.32. The van der Waals surface area contributed by atoms with Crippen molar-refractivity contribution in [1.82, 2.24) is 0 Å². The average molecular weight is 820 g/mol. The smallest absolute Gasteiger partial charge is 0.371 e. The monoisotopic (exact) mass is 819 g/mol. The number of unbranched alkanes of at least 4 members (excludes halogenated alkanes) is 3. The molecule has 0 aliphatic heterocycles. The number of hydrogen-bond acceptors (Lipinski definition) is 12. The summed E-state index contributed by atoms with van der Waals surface area (Å²) in [5.74, 6) is -7.29. The van der Waals surface area contributed by atoms with Crippen LogP contribution in [0.3, 0.4) is 0 Å². The molecule has 0 heterocycles.